The highest BCUT2D eigenvalue weighted by atomic mass is 32.1. The normalized spacial score (nSPS) is 9.00. The van der Waals surface area contributed by atoms with Crippen molar-refractivity contribution >= 4 is 17.3 Å². The molecule has 1 aromatic rings. The molecule has 0 N–H and O–H groups in total. The lowest BCUT2D eigenvalue weighted by atomic mass is 10.7. The molecule has 0 aromatic carbocycles. The van der Waals surface area contributed by atoms with Crippen LogP contribution in [0.3, 0.4) is 0 Å². The van der Waals surface area contributed by atoms with Crippen molar-refractivity contribution in [2.75, 3.05) is 7.11 Å². The van der Waals surface area contributed by atoms with Crippen LogP contribution in [0.2, 0.25) is 0 Å². The lowest BCUT2D eigenvalue weighted by Crippen LogP contribution is -1.99. The molecular weight excluding hydrogens is 140 g/mol. The van der Waals surface area contributed by atoms with Gasteiger partial charge in [-0.25, -0.2) is 4.79 Å². The van der Waals surface area contributed by atoms with Gasteiger partial charge in [0.15, 0.2) is 0 Å². The Hall–Kier alpha value is -0.970. The molecule has 0 radical (unpaired) electrons. The minimum atomic E-state index is -0.433. The molecule has 1 rings (SSSR count). The van der Waals surface area contributed by atoms with Gasteiger partial charge in [-0.15, -0.1) is 10.2 Å². The number of nitrogens with zero attached hydrogens (tertiary/aromatic N) is 2. The second-order valence-corrected chi connectivity index (χ2v) is 2.07. The maximum Gasteiger partial charge on any atom is 0.369 e. The van der Waals surface area contributed by atoms with E-state index >= 15 is 0 Å². The van der Waals surface area contributed by atoms with Gasteiger partial charge in [-0.2, -0.15) is 0 Å². The van der Waals surface area contributed by atoms with E-state index in [4.69, 9.17) is 0 Å². The Morgan fingerprint density at radius 1 is 1.89 bits per heavy atom. The predicted octanol–water partition coefficient (Wildman–Crippen LogP) is 0.325. The summed E-state index contributed by atoms with van der Waals surface area (Å²) in [5.41, 5.74) is 1.48. The average molecular weight is 144 g/mol. The van der Waals surface area contributed by atoms with Crippen LogP contribution in [-0.2, 0) is 4.74 Å². The summed E-state index contributed by atoms with van der Waals surface area (Å²) in [5.74, 6) is -0.433. The number of carbonyl (C=O) groups excluding carboxylic acids is 1. The van der Waals surface area contributed by atoms with Crippen LogP contribution in [0.4, 0.5) is 0 Å². The fourth-order valence-corrected chi connectivity index (χ4v) is 0.817. The third-order valence-electron chi connectivity index (χ3n) is 0.720. The number of aromatic nitrogens is 2. The highest BCUT2D eigenvalue weighted by molar-refractivity contribution is 7.11. The van der Waals surface area contributed by atoms with E-state index in [2.05, 4.69) is 14.9 Å². The Balaban J connectivity index is 2.77. The minimum absolute atomic E-state index is 0.289. The summed E-state index contributed by atoms with van der Waals surface area (Å²) in [6, 6.07) is 0. The molecule has 0 saturated carbocycles. The first-order valence-corrected chi connectivity index (χ1v) is 3.07. The molecule has 48 valence electrons. The zero-order chi connectivity index (χ0) is 6.69. The molecule has 0 amide bonds. The van der Waals surface area contributed by atoms with Crippen molar-refractivity contribution < 1.29 is 9.53 Å². The van der Waals surface area contributed by atoms with E-state index in [1.165, 1.54) is 12.6 Å². The van der Waals surface area contributed by atoms with Gasteiger partial charge in [0.1, 0.15) is 5.51 Å². The zero-order valence-corrected chi connectivity index (χ0v) is 5.51. The second kappa shape index (κ2) is 2.54. The average Bonchev–Trinajstić information content (AvgIpc) is 2.37. The van der Waals surface area contributed by atoms with Gasteiger partial charge < -0.3 is 4.74 Å². The van der Waals surface area contributed by atoms with E-state index in [0.717, 1.165) is 11.3 Å². The highest BCUT2D eigenvalue weighted by Crippen LogP contribution is 2.01. The first kappa shape index (κ1) is 6.15. The van der Waals surface area contributed by atoms with E-state index in [1.54, 1.807) is 0 Å². The van der Waals surface area contributed by atoms with Gasteiger partial charge in [-0.3, -0.25) is 0 Å². The van der Waals surface area contributed by atoms with Gasteiger partial charge in [0.2, 0.25) is 5.01 Å². The van der Waals surface area contributed by atoms with Crippen molar-refractivity contribution in [3.8, 4) is 0 Å². The summed E-state index contributed by atoms with van der Waals surface area (Å²) in [4.78, 5) is 10.6. The number of carbonyl (C=O) groups is 1. The summed E-state index contributed by atoms with van der Waals surface area (Å²) in [6.07, 6.45) is 0. The topological polar surface area (TPSA) is 52.1 Å². The van der Waals surface area contributed by atoms with Crippen molar-refractivity contribution in [1.29, 1.82) is 0 Å². The van der Waals surface area contributed by atoms with E-state index in [1.807, 2.05) is 0 Å². The second-order valence-electron chi connectivity index (χ2n) is 1.24. The Morgan fingerprint density at radius 2 is 2.67 bits per heavy atom. The molecule has 0 spiro atoms. The molecule has 0 bridgehead atoms. The Bertz CT molecular complexity index is 196. The van der Waals surface area contributed by atoms with Gasteiger partial charge in [-0.05, 0) is 0 Å². The Morgan fingerprint density at radius 3 is 3.11 bits per heavy atom. The van der Waals surface area contributed by atoms with Crippen molar-refractivity contribution in [2.24, 2.45) is 0 Å². The van der Waals surface area contributed by atoms with Gasteiger partial charge in [-0.1, -0.05) is 11.3 Å². The molecule has 4 nitrogen and oxygen atoms in total. The number of ether oxygens (including phenoxy) is 1. The number of rotatable bonds is 1. The highest BCUT2D eigenvalue weighted by Gasteiger charge is 2.06. The van der Waals surface area contributed by atoms with Crippen LogP contribution in [0.5, 0.6) is 0 Å². The van der Waals surface area contributed by atoms with Crippen LogP contribution in [0.1, 0.15) is 9.80 Å². The van der Waals surface area contributed by atoms with Crippen molar-refractivity contribution in [3.63, 3.8) is 0 Å². The third kappa shape index (κ3) is 1.23. The fraction of sp³-hybridized carbons (Fsp3) is 0.250. The number of methoxy groups -OCH3 is 1. The summed E-state index contributed by atoms with van der Waals surface area (Å²) < 4.78 is 4.36. The van der Waals surface area contributed by atoms with Crippen LogP contribution in [0.15, 0.2) is 5.51 Å². The van der Waals surface area contributed by atoms with Crippen LogP contribution in [0, 0.1) is 0 Å². The molecule has 0 atom stereocenters. The summed E-state index contributed by atoms with van der Waals surface area (Å²) >= 11 is 1.16. The smallest absolute Gasteiger partial charge is 0.369 e. The first-order valence-electron chi connectivity index (χ1n) is 2.19. The third-order valence-corrected chi connectivity index (χ3v) is 1.39. The molecule has 9 heavy (non-hydrogen) atoms. The Kier molecular flexibility index (Phi) is 1.74. The van der Waals surface area contributed by atoms with Crippen LogP contribution < -0.4 is 0 Å². The molecule has 5 heteroatoms. The fourth-order valence-electron chi connectivity index (χ4n) is 0.349. The zero-order valence-electron chi connectivity index (χ0n) is 4.70. The van der Waals surface area contributed by atoms with E-state index < -0.39 is 5.97 Å². The molecule has 0 fully saturated rings. The van der Waals surface area contributed by atoms with Gasteiger partial charge in [0.05, 0.1) is 7.11 Å². The molecule has 0 aliphatic carbocycles. The van der Waals surface area contributed by atoms with E-state index in [0.29, 0.717) is 0 Å². The Labute approximate surface area is 55.5 Å². The summed E-state index contributed by atoms with van der Waals surface area (Å²) in [6.45, 7) is 0. The van der Waals surface area contributed by atoms with E-state index in [9.17, 15) is 4.79 Å². The van der Waals surface area contributed by atoms with E-state index in [-0.39, 0.29) is 5.01 Å². The number of esters is 1. The van der Waals surface area contributed by atoms with Gasteiger partial charge in [0.25, 0.3) is 0 Å². The van der Waals surface area contributed by atoms with Gasteiger partial charge >= 0.3 is 5.97 Å². The van der Waals surface area contributed by atoms with Crippen LogP contribution >= 0.6 is 11.3 Å². The maximum absolute atomic E-state index is 10.6. The standard InChI is InChI=1S/C4H4N2O2S/c1-8-4(7)3-6-5-2-9-3/h2H,1H3. The number of hydrogen-bond acceptors (Lipinski definition) is 5. The lowest BCUT2D eigenvalue weighted by Gasteiger charge is -1.87. The molecule has 1 aromatic heterocycles. The first-order chi connectivity index (χ1) is 4.34. The summed E-state index contributed by atoms with van der Waals surface area (Å²) in [5, 5.41) is 7.23. The molecule has 0 aliphatic heterocycles. The minimum Gasteiger partial charge on any atom is -0.464 e. The molecular formula is C4H4N2O2S. The predicted molar refractivity (Wildman–Crippen MR) is 31.2 cm³/mol. The SMILES string of the molecule is COC(=O)c1nncs1. The maximum atomic E-state index is 10.6. The van der Waals surface area contributed by atoms with Crippen molar-refractivity contribution in [1.82, 2.24) is 10.2 Å². The molecule has 0 unspecified atom stereocenters. The number of hydrogen-bond donors (Lipinski definition) is 0. The largest absolute Gasteiger partial charge is 0.464 e. The molecule has 0 saturated heterocycles. The van der Waals surface area contributed by atoms with Crippen LogP contribution in [0.25, 0.3) is 0 Å². The lowest BCUT2D eigenvalue weighted by molar-refractivity contribution is 0.0599. The quantitative estimate of drug-likeness (QED) is 0.533. The monoisotopic (exact) mass is 144 g/mol. The summed E-state index contributed by atoms with van der Waals surface area (Å²) in [7, 11) is 1.31. The van der Waals surface area contributed by atoms with Crippen LogP contribution in [-0.4, -0.2) is 23.3 Å². The van der Waals surface area contributed by atoms with Crippen molar-refractivity contribution in [2.45, 2.75) is 0 Å². The molecule has 1 heterocycles. The molecule has 0 aliphatic rings. The van der Waals surface area contributed by atoms with Gasteiger partial charge in [0, 0.05) is 0 Å². The van der Waals surface area contributed by atoms with Crippen molar-refractivity contribution in [3.05, 3.63) is 10.5 Å².